The van der Waals surface area contributed by atoms with Gasteiger partial charge in [0.2, 0.25) is 5.91 Å². The average Bonchev–Trinajstić information content (AvgIpc) is 2.92. The summed E-state index contributed by atoms with van der Waals surface area (Å²) < 4.78 is 33.7. The van der Waals surface area contributed by atoms with Crippen LogP contribution < -0.4 is 19.3 Å². The van der Waals surface area contributed by atoms with Crippen LogP contribution in [0.4, 0.5) is 11.4 Å². The van der Waals surface area contributed by atoms with Crippen LogP contribution in [0.25, 0.3) is 0 Å². The van der Waals surface area contributed by atoms with E-state index in [4.69, 9.17) is 16.3 Å². The molecule has 202 valence electrons. The fraction of sp³-hybridized carbons (Fsp3) is 0.345. The van der Waals surface area contributed by atoms with E-state index in [1.54, 1.807) is 24.3 Å². The fourth-order valence-electron chi connectivity index (χ4n) is 4.56. The van der Waals surface area contributed by atoms with Gasteiger partial charge in [-0.25, -0.2) is 8.42 Å². The number of nitrogens with one attached hydrogen (secondary N) is 1. The normalized spacial score (nSPS) is 15.7. The van der Waals surface area contributed by atoms with Gasteiger partial charge in [-0.2, -0.15) is 0 Å². The molecule has 1 fully saturated rings. The summed E-state index contributed by atoms with van der Waals surface area (Å²) in [6.07, 6.45) is 2.46. The number of ether oxygens (including phenoxy) is 1. The van der Waals surface area contributed by atoms with Gasteiger partial charge in [0.05, 0.1) is 17.2 Å². The standard InChI is InChI=1S/C29H34ClN3O4S/c1-3-37-27-14-12-26(13-15-27)33(38(35,36)28-16-8-24(30)9-17-28)21-29(34)31-19-23-6-10-25(11-7-23)32-18-4-5-22(2)20-32/h6-17,22H,3-5,18-21H2,1-2H3,(H,31,34). The number of halogens is 1. The van der Waals surface area contributed by atoms with Gasteiger partial charge in [0, 0.05) is 30.3 Å². The molecular formula is C29H34ClN3O4S. The Hall–Kier alpha value is -3.23. The maximum absolute atomic E-state index is 13.5. The van der Waals surface area contributed by atoms with Crippen LogP contribution in [0.3, 0.4) is 0 Å². The predicted octanol–water partition coefficient (Wildman–Crippen LogP) is 5.49. The fourth-order valence-corrected chi connectivity index (χ4v) is 6.11. The minimum absolute atomic E-state index is 0.0474. The van der Waals surface area contributed by atoms with Crippen molar-refractivity contribution >= 4 is 38.9 Å². The Balaban J connectivity index is 1.46. The molecule has 1 atom stereocenters. The van der Waals surface area contributed by atoms with E-state index in [1.165, 1.54) is 42.8 Å². The lowest BCUT2D eigenvalue weighted by Gasteiger charge is -2.32. The van der Waals surface area contributed by atoms with Crippen molar-refractivity contribution in [1.82, 2.24) is 5.32 Å². The molecule has 3 aromatic rings. The summed E-state index contributed by atoms with van der Waals surface area (Å²) in [6, 6.07) is 20.7. The lowest BCUT2D eigenvalue weighted by Crippen LogP contribution is -2.40. The first-order chi connectivity index (χ1) is 18.3. The zero-order valence-electron chi connectivity index (χ0n) is 21.8. The molecule has 1 unspecified atom stereocenters. The summed E-state index contributed by atoms with van der Waals surface area (Å²) in [5.74, 6) is 0.891. The van der Waals surface area contributed by atoms with Gasteiger partial charge < -0.3 is 15.0 Å². The molecule has 38 heavy (non-hydrogen) atoms. The molecule has 0 bridgehead atoms. The summed E-state index contributed by atoms with van der Waals surface area (Å²) in [4.78, 5) is 15.4. The van der Waals surface area contributed by atoms with Crippen LogP contribution in [0.2, 0.25) is 5.02 Å². The molecule has 3 aromatic carbocycles. The highest BCUT2D eigenvalue weighted by atomic mass is 35.5. The van der Waals surface area contributed by atoms with Crippen LogP contribution in [0.1, 0.15) is 32.3 Å². The first-order valence-corrected chi connectivity index (χ1v) is 14.7. The molecule has 1 N–H and O–H groups in total. The second-order valence-electron chi connectivity index (χ2n) is 9.53. The molecular weight excluding hydrogens is 522 g/mol. The van der Waals surface area contributed by atoms with Gasteiger partial charge in [0.15, 0.2) is 0 Å². The number of piperidine rings is 1. The van der Waals surface area contributed by atoms with E-state index < -0.39 is 15.9 Å². The molecule has 0 aliphatic carbocycles. The molecule has 0 aromatic heterocycles. The van der Waals surface area contributed by atoms with Crippen molar-refractivity contribution in [3.63, 3.8) is 0 Å². The van der Waals surface area contributed by atoms with Gasteiger partial charge in [-0.15, -0.1) is 0 Å². The highest BCUT2D eigenvalue weighted by Gasteiger charge is 2.27. The van der Waals surface area contributed by atoms with Crippen LogP contribution in [0, 0.1) is 5.92 Å². The van der Waals surface area contributed by atoms with Crippen LogP contribution in [-0.4, -0.2) is 40.6 Å². The molecule has 0 saturated carbocycles. The zero-order chi connectivity index (χ0) is 27.1. The van der Waals surface area contributed by atoms with E-state index in [-0.39, 0.29) is 11.4 Å². The second-order valence-corrected chi connectivity index (χ2v) is 11.8. The highest BCUT2D eigenvalue weighted by Crippen LogP contribution is 2.27. The number of hydrogen-bond acceptors (Lipinski definition) is 5. The van der Waals surface area contributed by atoms with Crippen LogP contribution >= 0.6 is 11.6 Å². The van der Waals surface area contributed by atoms with Crippen molar-refractivity contribution in [2.75, 3.05) is 35.4 Å². The number of sulfonamides is 1. The zero-order valence-corrected chi connectivity index (χ0v) is 23.3. The highest BCUT2D eigenvalue weighted by molar-refractivity contribution is 7.92. The monoisotopic (exact) mass is 555 g/mol. The van der Waals surface area contributed by atoms with Gasteiger partial charge in [-0.1, -0.05) is 30.7 Å². The molecule has 1 aliphatic heterocycles. The number of anilines is 2. The maximum atomic E-state index is 13.5. The van der Waals surface area contributed by atoms with Crippen molar-refractivity contribution in [1.29, 1.82) is 0 Å². The summed E-state index contributed by atoms with van der Waals surface area (Å²) in [5.41, 5.74) is 2.49. The van der Waals surface area contributed by atoms with Crippen LogP contribution in [0.15, 0.2) is 77.7 Å². The molecule has 7 nitrogen and oxygen atoms in total. The minimum atomic E-state index is -4.03. The van der Waals surface area contributed by atoms with Gasteiger partial charge in [0.25, 0.3) is 10.0 Å². The van der Waals surface area contributed by atoms with Crippen molar-refractivity contribution in [2.45, 2.75) is 38.1 Å². The van der Waals surface area contributed by atoms with E-state index >= 15 is 0 Å². The lowest BCUT2D eigenvalue weighted by atomic mass is 9.99. The number of benzene rings is 3. The van der Waals surface area contributed by atoms with Gasteiger partial charge in [-0.3, -0.25) is 9.10 Å². The molecule has 9 heteroatoms. The van der Waals surface area contributed by atoms with Crippen molar-refractivity contribution in [2.24, 2.45) is 5.92 Å². The van der Waals surface area contributed by atoms with E-state index in [1.807, 2.05) is 19.1 Å². The Bertz CT molecular complexity index is 1310. The first-order valence-electron chi connectivity index (χ1n) is 12.9. The number of amides is 1. The quantitative estimate of drug-likeness (QED) is 0.358. The summed E-state index contributed by atoms with van der Waals surface area (Å²) >= 11 is 5.96. The number of carbonyl (C=O) groups excluding carboxylic acids is 1. The number of rotatable bonds is 10. The first kappa shape index (κ1) is 27.8. The van der Waals surface area contributed by atoms with Gasteiger partial charge >= 0.3 is 0 Å². The summed E-state index contributed by atoms with van der Waals surface area (Å²) in [5, 5.41) is 3.29. The summed E-state index contributed by atoms with van der Waals surface area (Å²) in [6.45, 7) is 6.68. The number of carbonyl (C=O) groups is 1. The lowest BCUT2D eigenvalue weighted by molar-refractivity contribution is -0.119. The Labute approximate surface area is 230 Å². The van der Waals surface area contributed by atoms with E-state index in [2.05, 4.69) is 29.3 Å². The van der Waals surface area contributed by atoms with E-state index in [9.17, 15) is 13.2 Å². The average molecular weight is 556 g/mol. The molecule has 1 heterocycles. The Kier molecular flexibility index (Phi) is 9.17. The Morgan fingerprint density at radius 3 is 2.37 bits per heavy atom. The minimum Gasteiger partial charge on any atom is -0.494 e. The van der Waals surface area contributed by atoms with Crippen molar-refractivity contribution in [3.8, 4) is 5.75 Å². The Morgan fingerprint density at radius 2 is 1.74 bits per heavy atom. The smallest absolute Gasteiger partial charge is 0.264 e. The van der Waals surface area contributed by atoms with Crippen molar-refractivity contribution in [3.05, 3.63) is 83.4 Å². The van der Waals surface area contributed by atoms with E-state index in [0.717, 1.165) is 23.0 Å². The number of nitrogens with zero attached hydrogens (tertiary/aromatic N) is 2. The van der Waals surface area contributed by atoms with Crippen LogP contribution in [0.5, 0.6) is 5.75 Å². The molecule has 1 saturated heterocycles. The second kappa shape index (κ2) is 12.5. The van der Waals surface area contributed by atoms with Gasteiger partial charge in [0.1, 0.15) is 12.3 Å². The van der Waals surface area contributed by atoms with Crippen molar-refractivity contribution < 1.29 is 17.9 Å². The maximum Gasteiger partial charge on any atom is 0.264 e. The molecule has 0 spiro atoms. The van der Waals surface area contributed by atoms with Crippen LogP contribution in [-0.2, 0) is 21.4 Å². The topological polar surface area (TPSA) is 79.0 Å². The molecule has 0 radical (unpaired) electrons. The molecule has 1 amide bonds. The third-order valence-corrected chi connectivity index (χ3v) is 8.61. The predicted molar refractivity (Wildman–Crippen MR) is 152 cm³/mol. The Morgan fingerprint density at radius 1 is 1.05 bits per heavy atom. The third kappa shape index (κ3) is 6.99. The summed E-state index contributed by atoms with van der Waals surface area (Å²) in [7, 11) is -4.03. The number of hydrogen-bond donors (Lipinski definition) is 1. The molecule has 4 rings (SSSR count). The largest absolute Gasteiger partial charge is 0.494 e. The molecule has 1 aliphatic rings. The SMILES string of the molecule is CCOc1ccc(N(CC(=O)NCc2ccc(N3CCCC(C)C3)cc2)S(=O)(=O)c2ccc(Cl)cc2)cc1. The van der Waals surface area contributed by atoms with Gasteiger partial charge in [-0.05, 0) is 91.9 Å². The van der Waals surface area contributed by atoms with E-state index in [0.29, 0.717) is 35.5 Å². The third-order valence-electron chi connectivity index (χ3n) is 6.57.